The van der Waals surface area contributed by atoms with Gasteiger partial charge in [0.2, 0.25) is 0 Å². The van der Waals surface area contributed by atoms with Gasteiger partial charge in [-0.15, -0.1) is 0 Å². The Kier molecular flexibility index (Phi) is 4.38. The van der Waals surface area contributed by atoms with Crippen molar-refractivity contribution in [1.82, 2.24) is 15.1 Å². The summed E-state index contributed by atoms with van der Waals surface area (Å²) < 4.78 is 0. The molecular formula is C15H19ClN4O2. The second-order valence-electron chi connectivity index (χ2n) is 5.58. The summed E-state index contributed by atoms with van der Waals surface area (Å²) in [6.45, 7) is 2.65. The average Bonchev–Trinajstić information content (AvgIpc) is 2.96. The quantitative estimate of drug-likeness (QED) is 0.878. The SMILES string of the molecule is O=C(Nc1ccccc1Cl)N1CCC[C@H](N2CCNC2=O)C1. The zero-order valence-corrected chi connectivity index (χ0v) is 13.0. The van der Waals surface area contributed by atoms with E-state index in [1.54, 1.807) is 17.0 Å². The van der Waals surface area contributed by atoms with E-state index < -0.39 is 0 Å². The summed E-state index contributed by atoms with van der Waals surface area (Å²) in [7, 11) is 0. The third kappa shape index (κ3) is 3.11. The molecule has 22 heavy (non-hydrogen) atoms. The summed E-state index contributed by atoms with van der Waals surface area (Å²) >= 11 is 6.06. The van der Waals surface area contributed by atoms with Crippen molar-refractivity contribution in [1.29, 1.82) is 0 Å². The van der Waals surface area contributed by atoms with Gasteiger partial charge in [0.05, 0.1) is 16.8 Å². The summed E-state index contributed by atoms with van der Waals surface area (Å²) in [5.74, 6) is 0. The van der Waals surface area contributed by atoms with Gasteiger partial charge < -0.3 is 20.4 Å². The molecule has 4 amide bonds. The summed E-state index contributed by atoms with van der Waals surface area (Å²) in [5, 5.41) is 6.16. The van der Waals surface area contributed by atoms with E-state index in [1.165, 1.54) is 0 Å². The van der Waals surface area contributed by atoms with Gasteiger partial charge in [0.15, 0.2) is 0 Å². The molecule has 2 fully saturated rings. The molecule has 2 aliphatic heterocycles. The molecule has 1 aromatic carbocycles. The van der Waals surface area contributed by atoms with Crippen LogP contribution >= 0.6 is 11.6 Å². The predicted octanol–water partition coefficient (Wildman–Crippen LogP) is 2.36. The van der Waals surface area contributed by atoms with Crippen molar-refractivity contribution in [2.24, 2.45) is 0 Å². The Hall–Kier alpha value is -1.95. The number of piperidine rings is 1. The van der Waals surface area contributed by atoms with Crippen molar-refractivity contribution in [2.45, 2.75) is 18.9 Å². The zero-order valence-electron chi connectivity index (χ0n) is 12.2. The highest BCUT2D eigenvalue weighted by Gasteiger charge is 2.32. The molecule has 6 nitrogen and oxygen atoms in total. The van der Waals surface area contributed by atoms with Crippen molar-refractivity contribution >= 4 is 29.4 Å². The first kappa shape index (κ1) is 15.0. The average molecular weight is 323 g/mol. The third-order valence-corrected chi connectivity index (χ3v) is 4.46. The van der Waals surface area contributed by atoms with E-state index in [9.17, 15) is 9.59 Å². The topological polar surface area (TPSA) is 64.7 Å². The van der Waals surface area contributed by atoms with Crippen molar-refractivity contribution in [3.8, 4) is 0 Å². The van der Waals surface area contributed by atoms with E-state index in [0.29, 0.717) is 36.9 Å². The molecule has 0 spiro atoms. The fourth-order valence-corrected chi connectivity index (χ4v) is 3.17. The lowest BCUT2D eigenvalue weighted by atomic mass is 10.0. The van der Waals surface area contributed by atoms with Crippen LogP contribution in [-0.2, 0) is 0 Å². The zero-order chi connectivity index (χ0) is 15.5. The van der Waals surface area contributed by atoms with Crippen LogP contribution in [0.5, 0.6) is 0 Å². The number of nitrogens with zero attached hydrogens (tertiary/aromatic N) is 2. The minimum atomic E-state index is -0.169. The Morgan fingerprint density at radius 1 is 1.32 bits per heavy atom. The van der Waals surface area contributed by atoms with Gasteiger partial charge in [0.1, 0.15) is 0 Å². The highest BCUT2D eigenvalue weighted by atomic mass is 35.5. The van der Waals surface area contributed by atoms with Crippen LogP contribution in [-0.4, -0.2) is 54.1 Å². The Bertz CT molecular complexity index is 580. The number of halogens is 1. The first-order chi connectivity index (χ1) is 10.6. The number of carbonyl (C=O) groups is 2. The minimum Gasteiger partial charge on any atom is -0.336 e. The molecule has 1 aromatic rings. The van der Waals surface area contributed by atoms with Gasteiger partial charge in [-0.25, -0.2) is 9.59 Å². The molecule has 0 radical (unpaired) electrons. The molecule has 2 N–H and O–H groups in total. The molecule has 2 aliphatic rings. The summed E-state index contributed by atoms with van der Waals surface area (Å²) in [4.78, 5) is 27.7. The van der Waals surface area contributed by atoms with Crippen LogP contribution in [0.3, 0.4) is 0 Å². The molecule has 3 rings (SSSR count). The predicted molar refractivity (Wildman–Crippen MR) is 85.2 cm³/mol. The molecular weight excluding hydrogens is 304 g/mol. The molecule has 2 saturated heterocycles. The van der Waals surface area contributed by atoms with E-state index >= 15 is 0 Å². The van der Waals surface area contributed by atoms with Crippen molar-refractivity contribution in [2.75, 3.05) is 31.5 Å². The lowest BCUT2D eigenvalue weighted by Gasteiger charge is -2.37. The largest absolute Gasteiger partial charge is 0.336 e. The number of anilines is 1. The summed E-state index contributed by atoms with van der Waals surface area (Å²) in [6, 6.07) is 7.06. The molecule has 0 saturated carbocycles. The van der Waals surface area contributed by atoms with Gasteiger partial charge in [-0.2, -0.15) is 0 Å². The molecule has 2 heterocycles. The number of rotatable bonds is 2. The van der Waals surface area contributed by atoms with Crippen LogP contribution < -0.4 is 10.6 Å². The first-order valence-corrected chi connectivity index (χ1v) is 7.88. The fraction of sp³-hybridized carbons (Fsp3) is 0.467. The smallest absolute Gasteiger partial charge is 0.321 e. The van der Waals surface area contributed by atoms with Crippen molar-refractivity contribution in [3.63, 3.8) is 0 Å². The van der Waals surface area contributed by atoms with Crippen LogP contribution in [0.2, 0.25) is 5.02 Å². The fourth-order valence-electron chi connectivity index (χ4n) is 2.99. The molecule has 0 unspecified atom stereocenters. The second-order valence-corrected chi connectivity index (χ2v) is 5.98. The normalized spacial score (nSPS) is 21.7. The second kappa shape index (κ2) is 6.44. The van der Waals surface area contributed by atoms with E-state index in [-0.39, 0.29) is 18.1 Å². The number of urea groups is 2. The van der Waals surface area contributed by atoms with Crippen LogP contribution in [0.25, 0.3) is 0 Å². The number of benzene rings is 1. The number of hydrogen-bond acceptors (Lipinski definition) is 2. The van der Waals surface area contributed by atoms with Gasteiger partial charge in [0, 0.05) is 26.2 Å². The van der Waals surface area contributed by atoms with Crippen LogP contribution in [0, 0.1) is 0 Å². The Balaban J connectivity index is 1.63. The van der Waals surface area contributed by atoms with Crippen molar-refractivity contribution < 1.29 is 9.59 Å². The molecule has 1 atom stereocenters. The van der Waals surface area contributed by atoms with Gasteiger partial charge in [-0.05, 0) is 25.0 Å². The number of amides is 4. The molecule has 0 aliphatic carbocycles. The maximum Gasteiger partial charge on any atom is 0.321 e. The van der Waals surface area contributed by atoms with Crippen LogP contribution in [0.1, 0.15) is 12.8 Å². The third-order valence-electron chi connectivity index (χ3n) is 4.13. The lowest BCUT2D eigenvalue weighted by Crippen LogP contribution is -2.51. The van der Waals surface area contributed by atoms with E-state index in [4.69, 9.17) is 11.6 Å². The minimum absolute atomic E-state index is 0.0293. The number of para-hydroxylation sites is 1. The lowest BCUT2D eigenvalue weighted by molar-refractivity contribution is 0.139. The Morgan fingerprint density at radius 3 is 2.86 bits per heavy atom. The van der Waals surface area contributed by atoms with Crippen LogP contribution in [0.15, 0.2) is 24.3 Å². The number of nitrogens with one attached hydrogen (secondary N) is 2. The monoisotopic (exact) mass is 322 g/mol. The Morgan fingerprint density at radius 2 is 2.14 bits per heavy atom. The van der Waals surface area contributed by atoms with Gasteiger partial charge in [0.25, 0.3) is 0 Å². The highest BCUT2D eigenvalue weighted by Crippen LogP contribution is 2.22. The highest BCUT2D eigenvalue weighted by molar-refractivity contribution is 6.33. The summed E-state index contributed by atoms with van der Waals surface area (Å²) in [5.41, 5.74) is 0.607. The summed E-state index contributed by atoms with van der Waals surface area (Å²) in [6.07, 6.45) is 1.83. The van der Waals surface area contributed by atoms with E-state index in [0.717, 1.165) is 12.8 Å². The molecule has 0 bridgehead atoms. The first-order valence-electron chi connectivity index (χ1n) is 7.50. The maximum atomic E-state index is 12.4. The van der Waals surface area contributed by atoms with Gasteiger partial charge >= 0.3 is 12.1 Å². The van der Waals surface area contributed by atoms with Gasteiger partial charge in [-0.3, -0.25) is 0 Å². The number of carbonyl (C=O) groups excluding carboxylic acids is 2. The Labute approximate surface area is 134 Å². The maximum absolute atomic E-state index is 12.4. The van der Waals surface area contributed by atoms with Gasteiger partial charge in [-0.1, -0.05) is 23.7 Å². The number of hydrogen-bond donors (Lipinski definition) is 2. The molecule has 0 aromatic heterocycles. The van der Waals surface area contributed by atoms with E-state index in [1.807, 2.05) is 17.0 Å². The number of likely N-dealkylation sites (tertiary alicyclic amines) is 1. The molecule has 7 heteroatoms. The van der Waals surface area contributed by atoms with E-state index in [2.05, 4.69) is 10.6 Å². The standard InChI is InChI=1S/C15H19ClN4O2/c16-12-5-1-2-6-13(12)18-15(22)19-8-3-4-11(10-19)20-9-7-17-14(20)21/h1-2,5-6,11H,3-4,7-10H2,(H,17,21)(H,18,22)/t11-/m0/s1. The van der Waals surface area contributed by atoms with Crippen molar-refractivity contribution in [3.05, 3.63) is 29.3 Å². The molecule has 118 valence electrons. The van der Waals surface area contributed by atoms with Crippen LogP contribution in [0.4, 0.5) is 15.3 Å².